The number of hydrogen-bond donors (Lipinski definition) is 1. The molecule has 0 aromatic carbocycles. The van der Waals surface area contributed by atoms with E-state index in [2.05, 4.69) is 40.4 Å². The summed E-state index contributed by atoms with van der Waals surface area (Å²) in [6.45, 7) is 6.08. The van der Waals surface area contributed by atoms with Gasteiger partial charge in [0.2, 0.25) is 0 Å². The first-order chi connectivity index (χ1) is 9.26. The molecular weight excluding hydrogens is 240 g/mol. The first-order valence-corrected chi connectivity index (χ1v) is 6.84. The number of rotatable bonds is 7. The van der Waals surface area contributed by atoms with Gasteiger partial charge in [-0.15, -0.1) is 0 Å². The summed E-state index contributed by atoms with van der Waals surface area (Å²) in [4.78, 5) is 4.36. The minimum Gasteiger partial charge on any atom is -0.308 e. The third-order valence-corrected chi connectivity index (χ3v) is 3.24. The standard InChI is InChI=1S/C13H22N6/c1-4-7-14-11(12-6-8-16-18(12)3)9-13-15-10-17-19(13)5-2/h6,8,10-11,14H,4-5,7,9H2,1-3H3. The van der Waals surface area contributed by atoms with Crippen LogP contribution in [0.15, 0.2) is 18.6 Å². The summed E-state index contributed by atoms with van der Waals surface area (Å²) < 4.78 is 3.86. The van der Waals surface area contributed by atoms with E-state index in [1.165, 1.54) is 5.69 Å². The lowest BCUT2D eigenvalue weighted by Gasteiger charge is -2.18. The molecule has 0 fully saturated rings. The molecule has 2 aromatic rings. The summed E-state index contributed by atoms with van der Waals surface area (Å²) in [7, 11) is 1.97. The second-order valence-corrected chi connectivity index (χ2v) is 4.58. The number of aryl methyl sites for hydroxylation is 2. The Labute approximate surface area is 113 Å². The predicted molar refractivity (Wildman–Crippen MR) is 73.6 cm³/mol. The van der Waals surface area contributed by atoms with Crippen LogP contribution < -0.4 is 5.32 Å². The van der Waals surface area contributed by atoms with E-state index in [0.717, 1.165) is 31.8 Å². The second kappa shape index (κ2) is 6.47. The van der Waals surface area contributed by atoms with Crippen LogP contribution in [-0.4, -0.2) is 31.1 Å². The van der Waals surface area contributed by atoms with E-state index in [-0.39, 0.29) is 6.04 Å². The quantitative estimate of drug-likeness (QED) is 0.817. The number of aromatic nitrogens is 5. The van der Waals surface area contributed by atoms with Crippen LogP contribution in [0.3, 0.4) is 0 Å². The van der Waals surface area contributed by atoms with Crippen molar-refractivity contribution < 1.29 is 0 Å². The Balaban J connectivity index is 2.17. The van der Waals surface area contributed by atoms with Crippen LogP contribution in [0, 0.1) is 0 Å². The molecule has 0 saturated carbocycles. The molecule has 1 N–H and O–H groups in total. The Hall–Kier alpha value is -1.69. The highest BCUT2D eigenvalue weighted by Crippen LogP contribution is 2.16. The molecule has 1 unspecified atom stereocenters. The van der Waals surface area contributed by atoms with Gasteiger partial charge in [0, 0.05) is 26.2 Å². The van der Waals surface area contributed by atoms with Crippen LogP contribution in [-0.2, 0) is 20.0 Å². The average Bonchev–Trinajstić information content (AvgIpc) is 3.03. The van der Waals surface area contributed by atoms with E-state index < -0.39 is 0 Å². The van der Waals surface area contributed by atoms with E-state index in [4.69, 9.17) is 0 Å². The summed E-state index contributed by atoms with van der Waals surface area (Å²) >= 11 is 0. The number of hydrogen-bond acceptors (Lipinski definition) is 4. The molecule has 0 amide bonds. The zero-order valence-electron chi connectivity index (χ0n) is 11.9. The van der Waals surface area contributed by atoms with Crippen molar-refractivity contribution in [3.05, 3.63) is 30.1 Å². The molecule has 0 aliphatic rings. The molecule has 104 valence electrons. The largest absolute Gasteiger partial charge is 0.308 e. The van der Waals surface area contributed by atoms with Crippen LogP contribution >= 0.6 is 0 Å². The first-order valence-electron chi connectivity index (χ1n) is 6.84. The maximum Gasteiger partial charge on any atom is 0.138 e. The van der Waals surface area contributed by atoms with E-state index in [1.807, 2.05) is 22.6 Å². The van der Waals surface area contributed by atoms with E-state index in [9.17, 15) is 0 Å². The molecule has 0 aliphatic carbocycles. The molecule has 0 saturated heterocycles. The monoisotopic (exact) mass is 262 g/mol. The Bertz CT molecular complexity index is 501. The van der Waals surface area contributed by atoms with Crippen LogP contribution in [0.4, 0.5) is 0 Å². The van der Waals surface area contributed by atoms with Crippen molar-refractivity contribution in [1.82, 2.24) is 29.9 Å². The zero-order valence-corrected chi connectivity index (χ0v) is 11.9. The highest BCUT2D eigenvalue weighted by atomic mass is 15.3. The van der Waals surface area contributed by atoms with Gasteiger partial charge in [-0.1, -0.05) is 6.92 Å². The van der Waals surface area contributed by atoms with Crippen molar-refractivity contribution in [2.45, 2.75) is 39.3 Å². The lowest BCUT2D eigenvalue weighted by Crippen LogP contribution is -2.27. The van der Waals surface area contributed by atoms with Gasteiger partial charge in [0.15, 0.2) is 0 Å². The molecule has 0 aliphatic heterocycles. The Morgan fingerprint density at radius 2 is 2.16 bits per heavy atom. The third-order valence-electron chi connectivity index (χ3n) is 3.24. The molecular formula is C13H22N6. The van der Waals surface area contributed by atoms with Crippen molar-refractivity contribution in [1.29, 1.82) is 0 Å². The second-order valence-electron chi connectivity index (χ2n) is 4.58. The maximum absolute atomic E-state index is 4.36. The Kier molecular flexibility index (Phi) is 4.68. The minimum atomic E-state index is 0.224. The zero-order chi connectivity index (χ0) is 13.7. The van der Waals surface area contributed by atoms with Gasteiger partial charge in [-0.25, -0.2) is 4.98 Å². The predicted octanol–water partition coefficient (Wildman–Crippen LogP) is 1.31. The van der Waals surface area contributed by atoms with Crippen molar-refractivity contribution in [2.24, 2.45) is 7.05 Å². The first kappa shape index (κ1) is 13.7. The molecule has 1 atom stereocenters. The van der Waals surface area contributed by atoms with Crippen LogP contribution in [0.2, 0.25) is 0 Å². The minimum absolute atomic E-state index is 0.224. The molecule has 19 heavy (non-hydrogen) atoms. The fourth-order valence-electron chi connectivity index (χ4n) is 2.22. The lowest BCUT2D eigenvalue weighted by molar-refractivity contribution is 0.469. The molecule has 6 nitrogen and oxygen atoms in total. The number of nitrogens with zero attached hydrogens (tertiary/aromatic N) is 5. The topological polar surface area (TPSA) is 60.6 Å². The summed E-state index contributed by atoms with van der Waals surface area (Å²) in [6.07, 6.45) is 5.39. The van der Waals surface area contributed by atoms with Crippen molar-refractivity contribution in [3.8, 4) is 0 Å². The SMILES string of the molecule is CCCNC(Cc1ncnn1CC)c1ccnn1C. The van der Waals surface area contributed by atoms with Crippen molar-refractivity contribution in [3.63, 3.8) is 0 Å². The normalized spacial score (nSPS) is 12.8. The van der Waals surface area contributed by atoms with E-state index in [1.54, 1.807) is 6.33 Å². The maximum atomic E-state index is 4.36. The smallest absolute Gasteiger partial charge is 0.138 e. The van der Waals surface area contributed by atoms with Crippen LogP contribution in [0.1, 0.15) is 37.8 Å². The van der Waals surface area contributed by atoms with Gasteiger partial charge < -0.3 is 5.32 Å². The summed E-state index contributed by atoms with van der Waals surface area (Å²) in [5, 5.41) is 12.0. The van der Waals surface area contributed by atoms with Gasteiger partial charge in [-0.3, -0.25) is 9.36 Å². The van der Waals surface area contributed by atoms with E-state index in [0.29, 0.717) is 0 Å². The molecule has 2 aromatic heterocycles. The summed E-state index contributed by atoms with van der Waals surface area (Å²) in [5.41, 5.74) is 1.18. The molecule has 0 bridgehead atoms. The fourth-order valence-corrected chi connectivity index (χ4v) is 2.22. The van der Waals surface area contributed by atoms with Gasteiger partial charge in [-0.2, -0.15) is 10.2 Å². The molecule has 0 spiro atoms. The summed E-state index contributed by atoms with van der Waals surface area (Å²) in [6, 6.07) is 2.28. The highest BCUT2D eigenvalue weighted by Gasteiger charge is 2.17. The third kappa shape index (κ3) is 3.20. The number of nitrogens with one attached hydrogen (secondary N) is 1. The van der Waals surface area contributed by atoms with Crippen LogP contribution in [0.25, 0.3) is 0 Å². The molecule has 2 heterocycles. The van der Waals surface area contributed by atoms with Crippen LogP contribution in [0.5, 0.6) is 0 Å². The summed E-state index contributed by atoms with van der Waals surface area (Å²) in [5.74, 6) is 1.01. The average molecular weight is 262 g/mol. The highest BCUT2D eigenvalue weighted by molar-refractivity contribution is 5.09. The van der Waals surface area contributed by atoms with Gasteiger partial charge >= 0.3 is 0 Å². The van der Waals surface area contributed by atoms with Gasteiger partial charge in [0.25, 0.3) is 0 Å². The van der Waals surface area contributed by atoms with Gasteiger partial charge in [-0.05, 0) is 26.0 Å². The van der Waals surface area contributed by atoms with E-state index >= 15 is 0 Å². The lowest BCUT2D eigenvalue weighted by atomic mass is 10.1. The molecule has 6 heteroatoms. The molecule has 2 rings (SSSR count). The van der Waals surface area contributed by atoms with Crippen molar-refractivity contribution >= 4 is 0 Å². The Morgan fingerprint density at radius 3 is 2.79 bits per heavy atom. The fraction of sp³-hybridized carbons (Fsp3) is 0.615. The molecule has 0 radical (unpaired) electrons. The van der Waals surface area contributed by atoms with Gasteiger partial charge in [0.05, 0.1) is 11.7 Å². The Morgan fingerprint density at radius 1 is 1.32 bits per heavy atom. The van der Waals surface area contributed by atoms with Crippen molar-refractivity contribution in [2.75, 3.05) is 6.54 Å². The van der Waals surface area contributed by atoms with Gasteiger partial charge in [0.1, 0.15) is 12.2 Å².